The summed E-state index contributed by atoms with van der Waals surface area (Å²) in [4.78, 5) is 8.25. The Balaban J connectivity index is -0.0000000450. The first-order chi connectivity index (χ1) is 1.73. The normalized spacial score (nSPS) is 4.00. The van der Waals surface area contributed by atoms with E-state index >= 15 is 0 Å². The maximum absolute atomic E-state index is 8.25. The molecular weight excluding hydrogens is 184 g/mol. The Morgan fingerprint density at radius 1 is 1.33 bits per heavy atom. The zero-order valence-electron chi connectivity index (χ0n) is 2.97. The quantitative estimate of drug-likeness (QED) is 0.332. The van der Waals surface area contributed by atoms with Crippen LogP contribution in [0.2, 0.25) is 0 Å². The van der Waals surface area contributed by atoms with Gasteiger partial charge in [-0.25, -0.2) is 0 Å². The number of hydrogen-bond donors (Lipinski definition) is 1. The molecule has 5 nitrogen and oxygen atoms in total. The van der Waals surface area contributed by atoms with Crippen LogP contribution in [0.4, 0.5) is 0 Å². The van der Waals surface area contributed by atoms with Gasteiger partial charge in [-0.3, -0.25) is 0 Å². The van der Waals surface area contributed by atoms with Gasteiger partial charge in [0.1, 0.15) is 0 Å². The number of nitrogens with zero attached hydrogens (tertiary/aromatic N) is 1. The molecule has 0 aliphatic carbocycles. The molecule has 4 N–H and O–H groups in total. The van der Waals surface area contributed by atoms with Crippen molar-refractivity contribution < 1.29 is 27.5 Å². The zero-order valence-corrected chi connectivity index (χ0v) is 4.46. The van der Waals surface area contributed by atoms with Gasteiger partial charge in [0, 0.05) is 0 Å². The van der Waals surface area contributed by atoms with Gasteiger partial charge in [0.2, 0.25) is 0 Å². The van der Waals surface area contributed by atoms with E-state index in [9.17, 15) is 0 Å². The van der Waals surface area contributed by atoms with E-state index < -0.39 is 5.09 Å². The van der Waals surface area contributed by atoms with E-state index in [0.717, 1.165) is 0 Å². The van der Waals surface area contributed by atoms with Crippen molar-refractivity contribution in [3.63, 3.8) is 0 Å². The van der Waals surface area contributed by atoms with Crippen molar-refractivity contribution in [1.82, 2.24) is 6.15 Å². The molecule has 42 valence electrons. The third kappa shape index (κ3) is 3300. The summed E-state index contributed by atoms with van der Waals surface area (Å²) in [5.74, 6) is 0. The van der Waals surface area contributed by atoms with Gasteiger partial charge in [0.05, 0.1) is 5.09 Å². The minimum atomic E-state index is -1.75. The molecule has 0 atom stereocenters. The summed E-state index contributed by atoms with van der Waals surface area (Å²) in [7, 11) is 0. The fraction of sp³-hybridized carbons (Fsp3) is 0. The van der Waals surface area contributed by atoms with Crippen LogP contribution >= 0.6 is 0 Å². The molecule has 6 heteroatoms. The Morgan fingerprint density at radius 2 is 1.33 bits per heavy atom. The molecule has 0 radical (unpaired) electrons. The second kappa shape index (κ2) is 8.86. The first-order valence-corrected chi connectivity index (χ1v) is 0.548. The van der Waals surface area contributed by atoms with Crippen molar-refractivity contribution >= 4 is 0 Å². The molecule has 0 heterocycles. The average Bonchev–Trinajstić information content (AvgIpc) is 0.811. The Kier molecular flexibility index (Phi) is 24.9. The third-order valence-electron chi connectivity index (χ3n) is 0. The molecule has 0 rings (SSSR count). The molecule has 6 heavy (non-hydrogen) atoms. The topological polar surface area (TPSA) is 103 Å². The van der Waals surface area contributed by atoms with Gasteiger partial charge >= 0.3 is 22.4 Å². The first-order valence-electron chi connectivity index (χ1n) is 0.548. The summed E-state index contributed by atoms with van der Waals surface area (Å²) in [5, 5.41) is 14.8. The second-order valence-electron chi connectivity index (χ2n) is 0.224. The minimum Gasteiger partial charge on any atom is -0.369 e. The summed E-state index contributed by atoms with van der Waals surface area (Å²) in [6, 6.07) is 0. The standard InChI is InChI=1S/Ag.NO3.H3N/c;2-1(3)4;/h;;1H3/q+1;-1;/p+1. The monoisotopic (exact) mass is 187 g/mol. The molecular formula is H4AgN2O3+. The number of quaternary nitrogens is 1. The van der Waals surface area contributed by atoms with E-state index in [1.165, 1.54) is 0 Å². The van der Waals surface area contributed by atoms with Crippen LogP contribution in [0.5, 0.6) is 0 Å². The van der Waals surface area contributed by atoms with Crippen molar-refractivity contribution in [2.24, 2.45) is 0 Å². The molecule has 0 aliphatic rings. The van der Waals surface area contributed by atoms with Crippen molar-refractivity contribution in [2.75, 3.05) is 0 Å². The van der Waals surface area contributed by atoms with E-state index in [1.807, 2.05) is 0 Å². The summed E-state index contributed by atoms with van der Waals surface area (Å²) < 4.78 is 0. The fourth-order valence-corrected chi connectivity index (χ4v) is 0. The average molecular weight is 188 g/mol. The van der Waals surface area contributed by atoms with Crippen LogP contribution in [0, 0.1) is 15.3 Å². The molecule has 0 bridgehead atoms. The van der Waals surface area contributed by atoms with Crippen molar-refractivity contribution in [2.45, 2.75) is 0 Å². The van der Waals surface area contributed by atoms with E-state index in [0.29, 0.717) is 0 Å². The molecule has 0 aromatic heterocycles. The molecule has 0 unspecified atom stereocenters. The largest absolute Gasteiger partial charge is 1.00 e. The minimum absolute atomic E-state index is 0. The van der Waals surface area contributed by atoms with Crippen LogP contribution in [0.15, 0.2) is 0 Å². The van der Waals surface area contributed by atoms with Crippen molar-refractivity contribution in [3.05, 3.63) is 15.3 Å². The summed E-state index contributed by atoms with van der Waals surface area (Å²) in [6.45, 7) is 0. The predicted octanol–water partition coefficient (Wildman–Crippen LogP) is 0.135. The summed E-state index contributed by atoms with van der Waals surface area (Å²) in [6.07, 6.45) is 0. The first kappa shape index (κ1) is 16.8. The van der Waals surface area contributed by atoms with Gasteiger partial charge in [0.25, 0.3) is 0 Å². The Bertz CT molecular complexity index is 31.8. The van der Waals surface area contributed by atoms with E-state index in [2.05, 4.69) is 0 Å². The molecule has 0 saturated heterocycles. The zero-order chi connectivity index (χ0) is 3.58. The van der Waals surface area contributed by atoms with Crippen LogP contribution < -0.4 is 6.15 Å². The van der Waals surface area contributed by atoms with Gasteiger partial charge in [0.15, 0.2) is 0 Å². The van der Waals surface area contributed by atoms with Crippen molar-refractivity contribution in [3.8, 4) is 0 Å². The molecule has 0 saturated carbocycles. The van der Waals surface area contributed by atoms with Gasteiger partial charge in [-0.15, -0.1) is 0 Å². The summed E-state index contributed by atoms with van der Waals surface area (Å²) in [5.41, 5.74) is 0. The number of hydrogen-bond acceptors (Lipinski definition) is 3. The predicted molar refractivity (Wildman–Crippen MR) is 16.3 cm³/mol. The molecule has 0 aliphatic heterocycles. The van der Waals surface area contributed by atoms with Crippen LogP contribution in [-0.2, 0) is 22.4 Å². The van der Waals surface area contributed by atoms with E-state index in [-0.39, 0.29) is 28.5 Å². The molecule has 0 aromatic rings. The van der Waals surface area contributed by atoms with Crippen LogP contribution in [0.25, 0.3) is 0 Å². The summed E-state index contributed by atoms with van der Waals surface area (Å²) >= 11 is 0. The Labute approximate surface area is 49.5 Å². The molecule has 0 fully saturated rings. The Morgan fingerprint density at radius 3 is 1.33 bits per heavy atom. The van der Waals surface area contributed by atoms with Gasteiger partial charge in [-0.2, -0.15) is 0 Å². The maximum Gasteiger partial charge on any atom is 1.00 e. The second-order valence-corrected chi connectivity index (χ2v) is 0.224. The SMILES string of the molecule is O=[N+]([O-])[O-].[Ag+].[NH4+]. The van der Waals surface area contributed by atoms with Crippen LogP contribution in [0.1, 0.15) is 0 Å². The maximum atomic E-state index is 8.25. The molecule has 0 aromatic carbocycles. The molecule has 0 spiro atoms. The fourth-order valence-electron chi connectivity index (χ4n) is 0. The van der Waals surface area contributed by atoms with Gasteiger partial charge in [-0.1, -0.05) is 0 Å². The van der Waals surface area contributed by atoms with E-state index in [4.69, 9.17) is 15.3 Å². The Hall–Kier alpha value is -0.0997. The molecule has 0 amide bonds. The van der Waals surface area contributed by atoms with Gasteiger partial charge < -0.3 is 21.5 Å². The number of rotatable bonds is 0. The van der Waals surface area contributed by atoms with Crippen molar-refractivity contribution in [1.29, 1.82) is 0 Å². The van der Waals surface area contributed by atoms with Crippen LogP contribution in [-0.4, -0.2) is 5.09 Å². The van der Waals surface area contributed by atoms with Crippen LogP contribution in [0.3, 0.4) is 0 Å². The third-order valence-corrected chi connectivity index (χ3v) is 0. The van der Waals surface area contributed by atoms with Gasteiger partial charge in [-0.05, 0) is 0 Å². The smallest absolute Gasteiger partial charge is 0.369 e. The van der Waals surface area contributed by atoms with E-state index in [1.54, 1.807) is 0 Å².